The Morgan fingerprint density at radius 1 is 1.44 bits per heavy atom. The van der Waals surface area contributed by atoms with Crippen LogP contribution in [-0.4, -0.2) is 36.8 Å². The molecule has 0 rings (SSSR count). The molecule has 1 unspecified atom stereocenters. The SMILES string of the molecule is CCCC(OC(C)=O)N(CC(=O)OC)N=O. The summed E-state index contributed by atoms with van der Waals surface area (Å²) in [5.41, 5.74) is 0. The molecule has 1 atom stereocenters. The first kappa shape index (κ1) is 14.3. The van der Waals surface area contributed by atoms with Gasteiger partial charge in [-0.05, 0) is 0 Å². The second-order valence-corrected chi connectivity index (χ2v) is 3.11. The first-order valence-corrected chi connectivity index (χ1v) is 4.89. The molecule has 16 heavy (non-hydrogen) atoms. The summed E-state index contributed by atoms with van der Waals surface area (Å²) in [7, 11) is 1.20. The molecular weight excluding hydrogens is 216 g/mol. The van der Waals surface area contributed by atoms with Gasteiger partial charge < -0.3 is 9.47 Å². The van der Waals surface area contributed by atoms with Crippen molar-refractivity contribution in [2.45, 2.75) is 32.9 Å². The molecule has 0 amide bonds. The van der Waals surface area contributed by atoms with Gasteiger partial charge >= 0.3 is 11.9 Å². The van der Waals surface area contributed by atoms with Crippen molar-refractivity contribution in [2.24, 2.45) is 5.29 Å². The molecule has 0 aliphatic rings. The minimum absolute atomic E-state index is 0.335. The van der Waals surface area contributed by atoms with Gasteiger partial charge in [0.05, 0.1) is 12.4 Å². The van der Waals surface area contributed by atoms with Crippen LogP contribution in [-0.2, 0) is 19.1 Å². The largest absolute Gasteiger partial charge is 0.468 e. The highest BCUT2D eigenvalue weighted by atomic mass is 16.6. The summed E-state index contributed by atoms with van der Waals surface area (Å²) in [6.07, 6.45) is 0.284. The topological polar surface area (TPSA) is 85.3 Å². The zero-order valence-electron chi connectivity index (χ0n) is 9.63. The summed E-state index contributed by atoms with van der Waals surface area (Å²) in [5, 5.41) is 3.51. The zero-order chi connectivity index (χ0) is 12.6. The number of carbonyl (C=O) groups excluding carboxylic acids is 2. The molecule has 0 aliphatic heterocycles. The van der Waals surface area contributed by atoms with E-state index in [1.165, 1.54) is 14.0 Å². The summed E-state index contributed by atoms with van der Waals surface area (Å²) in [6.45, 7) is 2.75. The normalized spacial score (nSPS) is 11.4. The van der Waals surface area contributed by atoms with Crippen LogP contribution >= 0.6 is 0 Å². The van der Waals surface area contributed by atoms with Crippen LogP contribution in [0.2, 0.25) is 0 Å². The third-order valence-corrected chi connectivity index (χ3v) is 1.79. The van der Waals surface area contributed by atoms with E-state index < -0.39 is 18.2 Å². The van der Waals surface area contributed by atoms with E-state index in [2.05, 4.69) is 10.0 Å². The fourth-order valence-electron chi connectivity index (χ4n) is 1.09. The number of ether oxygens (including phenoxy) is 2. The van der Waals surface area contributed by atoms with Crippen LogP contribution < -0.4 is 0 Å². The summed E-state index contributed by atoms with van der Waals surface area (Å²) >= 11 is 0. The van der Waals surface area contributed by atoms with Crippen molar-refractivity contribution in [2.75, 3.05) is 13.7 Å². The summed E-state index contributed by atoms with van der Waals surface area (Å²) < 4.78 is 9.27. The smallest absolute Gasteiger partial charge is 0.327 e. The molecule has 0 heterocycles. The molecule has 0 aromatic heterocycles. The predicted molar refractivity (Wildman–Crippen MR) is 55.0 cm³/mol. The Morgan fingerprint density at radius 3 is 2.44 bits per heavy atom. The van der Waals surface area contributed by atoms with Crippen molar-refractivity contribution in [3.8, 4) is 0 Å². The molecule has 0 aromatic carbocycles. The average Bonchev–Trinajstić information content (AvgIpc) is 2.24. The highest BCUT2D eigenvalue weighted by Gasteiger charge is 2.23. The van der Waals surface area contributed by atoms with Crippen LogP contribution in [0, 0.1) is 4.91 Å². The monoisotopic (exact) mass is 232 g/mol. The van der Waals surface area contributed by atoms with Crippen molar-refractivity contribution >= 4 is 11.9 Å². The molecule has 0 fully saturated rings. The lowest BCUT2D eigenvalue weighted by atomic mass is 10.3. The second-order valence-electron chi connectivity index (χ2n) is 3.11. The maximum Gasteiger partial charge on any atom is 0.327 e. The van der Waals surface area contributed by atoms with Gasteiger partial charge in [0.2, 0.25) is 0 Å². The molecule has 0 aliphatic carbocycles. The van der Waals surface area contributed by atoms with E-state index in [0.717, 1.165) is 5.01 Å². The lowest BCUT2D eigenvalue weighted by Crippen LogP contribution is -2.38. The third-order valence-electron chi connectivity index (χ3n) is 1.79. The number of nitrogens with zero attached hydrogens (tertiary/aromatic N) is 2. The maximum absolute atomic E-state index is 11.0. The van der Waals surface area contributed by atoms with E-state index in [1.54, 1.807) is 0 Å². The first-order chi connectivity index (χ1) is 7.54. The van der Waals surface area contributed by atoms with E-state index in [9.17, 15) is 14.5 Å². The Hall–Kier alpha value is -1.66. The standard InChI is InChI=1S/C9H16N2O5/c1-4-5-8(16-7(2)12)11(10-14)6-9(13)15-3/h8H,4-6H2,1-3H3. The number of rotatable bonds is 7. The van der Waals surface area contributed by atoms with Gasteiger partial charge in [-0.1, -0.05) is 13.3 Å². The maximum atomic E-state index is 11.0. The van der Waals surface area contributed by atoms with Gasteiger partial charge in [0.15, 0.2) is 6.23 Å². The molecule has 7 nitrogen and oxygen atoms in total. The molecule has 0 saturated heterocycles. The molecule has 92 valence electrons. The molecular formula is C9H16N2O5. The van der Waals surface area contributed by atoms with Gasteiger partial charge in [0.1, 0.15) is 6.54 Å². The summed E-state index contributed by atoms with van der Waals surface area (Å²) in [5.74, 6) is -1.15. The highest BCUT2D eigenvalue weighted by molar-refractivity contribution is 5.71. The van der Waals surface area contributed by atoms with Crippen LogP contribution in [0.3, 0.4) is 0 Å². The van der Waals surface area contributed by atoms with Gasteiger partial charge in [-0.2, -0.15) is 0 Å². The lowest BCUT2D eigenvalue weighted by molar-refractivity contribution is -0.162. The van der Waals surface area contributed by atoms with Crippen molar-refractivity contribution in [3.63, 3.8) is 0 Å². The number of methoxy groups -OCH3 is 1. The molecule has 0 radical (unpaired) electrons. The Kier molecular flexibility index (Phi) is 6.82. The quantitative estimate of drug-likeness (QED) is 0.280. The minimum atomic E-state index is -0.820. The average molecular weight is 232 g/mol. The lowest BCUT2D eigenvalue weighted by Gasteiger charge is -2.24. The predicted octanol–water partition coefficient (Wildman–Crippen LogP) is 0.832. The Morgan fingerprint density at radius 2 is 2.06 bits per heavy atom. The van der Waals surface area contributed by atoms with Crippen molar-refractivity contribution in [3.05, 3.63) is 4.91 Å². The van der Waals surface area contributed by atoms with Crippen molar-refractivity contribution in [1.82, 2.24) is 5.01 Å². The van der Waals surface area contributed by atoms with E-state index in [0.29, 0.717) is 12.8 Å². The third kappa shape index (κ3) is 5.28. The first-order valence-electron chi connectivity index (χ1n) is 4.89. The Balaban J connectivity index is 4.49. The van der Waals surface area contributed by atoms with Gasteiger partial charge in [0, 0.05) is 13.3 Å². The number of nitroso groups, excluding NO2 is 1. The molecule has 0 spiro atoms. The Labute approximate surface area is 93.6 Å². The highest BCUT2D eigenvalue weighted by Crippen LogP contribution is 2.09. The van der Waals surface area contributed by atoms with Crippen LogP contribution in [0.1, 0.15) is 26.7 Å². The fraction of sp³-hybridized carbons (Fsp3) is 0.778. The number of hydrogen-bond donors (Lipinski definition) is 0. The number of esters is 2. The van der Waals surface area contributed by atoms with Gasteiger partial charge in [-0.15, -0.1) is 4.91 Å². The number of hydrogen-bond acceptors (Lipinski definition) is 6. The van der Waals surface area contributed by atoms with E-state index in [-0.39, 0.29) is 6.54 Å². The summed E-state index contributed by atoms with van der Waals surface area (Å²) in [4.78, 5) is 32.3. The van der Waals surface area contributed by atoms with E-state index >= 15 is 0 Å². The Bertz CT molecular complexity index is 256. The number of carbonyl (C=O) groups is 2. The minimum Gasteiger partial charge on any atom is -0.468 e. The fourth-order valence-corrected chi connectivity index (χ4v) is 1.09. The van der Waals surface area contributed by atoms with Crippen LogP contribution in [0.4, 0.5) is 0 Å². The molecule has 0 aromatic rings. The van der Waals surface area contributed by atoms with Gasteiger partial charge in [-0.3, -0.25) is 9.59 Å². The molecule has 7 heteroatoms. The molecule has 0 saturated carbocycles. The summed E-state index contributed by atoms with van der Waals surface area (Å²) in [6, 6.07) is 0. The van der Waals surface area contributed by atoms with Crippen LogP contribution in [0.25, 0.3) is 0 Å². The van der Waals surface area contributed by atoms with Crippen LogP contribution in [0.5, 0.6) is 0 Å². The zero-order valence-corrected chi connectivity index (χ0v) is 9.63. The van der Waals surface area contributed by atoms with E-state index in [4.69, 9.17) is 4.74 Å². The van der Waals surface area contributed by atoms with Gasteiger partial charge in [-0.25, -0.2) is 5.01 Å². The van der Waals surface area contributed by atoms with E-state index in [1.807, 2.05) is 6.92 Å². The van der Waals surface area contributed by atoms with Crippen LogP contribution in [0.15, 0.2) is 5.29 Å². The molecule has 0 N–H and O–H groups in total. The van der Waals surface area contributed by atoms with Crippen molar-refractivity contribution < 1.29 is 19.1 Å². The second kappa shape index (κ2) is 7.61. The van der Waals surface area contributed by atoms with Gasteiger partial charge in [0.25, 0.3) is 0 Å². The van der Waals surface area contributed by atoms with Crippen molar-refractivity contribution in [1.29, 1.82) is 0 Å². The molecule has 0 bridgehead atoms.